The van der Waals surface area contributed by atoms with Crippen molar-refractivity contribution in [2.24, 2.45) is 0 Å². The molecule has 0 bridgehead atoms. The van der Waals surface area contributed by atoms with Gasteiger partial charge in [-0.15, -0.1) is 0 Å². The SMILES string of the molecule is COc1ccc(OC)c(CNC(=O)[C@@H]2C[C@H](NC(=O)c3ccco3)CN2C)c1. The summed E-state index contributed by atoms with van der Waals surface area (Å²) >= 11 is 0. The van der Waals surface area contributed by atoms with E-state index in [9.17, 15) is 9.59 Å². The van der Waals surface area contributed by atoms with E-state index in [0.717, 1.165) is 5.56 Å². The molecule has 1 aliphatic rings. The van der Waals surface area contributed by atoms with Crippen LogP contribution in [0.3, 0.4) is 0 Å². The number of ether oxygens (including phenoxy) is 2. The van der Waals surface area contributed by atoms with Crippen molar-refractivity contribution >= 4 is 11.8 Å². The molecule has 2 N–H and O–H groups in total. The summed E-state index contributed by atoms with van der Waals surface area (Å²) in [6.45, 7) is 0.917. The predicted molar refractivity (Wildman–Crippen MR) is 102 cm³/mol. The minimum atomic E-state index is -0.321. The minimum Gasteiger partial charge on any atom is -0.497 e. The standard InChI is InChI=1S/C20H25N3O5/c1-23-12-14(22-20(25)18-5-4-8-28-18)10-16(23)19(24)21-11-13-9-15(26-2)6-7-17(13)27-3/h4-9,14,16H,10-12H2,1-3H3,(H,21,24)(H,22,25)/t14-,16-/m0/s1. The maximum Gasteiger partial charge on any atom is 0.287 e. The highest BCUT2D eigenvalue weighted by atomic mass is 16.5. The molecule has 3 rings (SSSR count). The first-order chi connectivity index (χ1) is 13.5. The molecule has 1 aliphatic heterocycles. The Balaban J connectivity index is 1.57. The zero-order chi connectivity index (χ0) is 20.1. The first kappa shape index (κ1) is 19.8. The van der Waals surface area contributed by atoms with Gasteiger partial charge in [0.2, 0.25) is 5.91 Å². The Bertz CT molecular complexity index is 821. The highest BCUT2D eigenvalue weighted by Crippen LogP contribution is 2.24. The monoisotopic (exact) mass is 387 g/mol. The van der Waals surface area contributed by atoms with E-state index in [1.165, 1.54) is 6.26 Å². The second kappa shape index (κ2) is 8.79. The van der Waals surface area contributed by atoms with E-state index in [1.54, 1.807) is 32.4 Å². The van der Waals surface area contributed by atoms with Crippen molar-refractivity contribution in [1.82, 2.24) is 15.5 Å². The van der Waals surface area contributed by atoms with Crippen LogP contribution in [0.15, 0.2) is 41.0 Å². The summed E-state index contributed by atoms with van der Waals surface area (Å²) in [5.41, 5.74) is 0.832. The van der Waals surface area contributed by atoms with E-state index < -0.39 is 0 Å². The largest absolute Gasteiger partial charge is 0.497 e. The predicted octanol–water partition coefficient (Wildman–Crippen LogP) is 1.42. The molecule has 0 saturated carbocycles. The second-order valence-corrected chi connectivity index (χ2v) is 6.73. The first-order valence-electron chi connectivity index (χ1n) is 9.05. The number of hydrogen-bond donors (Lipinski definition) is 2. The fourth-order valence-electron chi connectivity index (χ4n) is 3.40. The fraction of sp³-hybridized carbons (Fsp3) is 0.400. The van der Waals surface area contributed by atoms with Gasteiger partial charge in [0.1, 0.15) is 11.5 Å². The number of benzene rings is 1. The molecule has 1 aromatic heterocycles. The Hall–Kier alpha value is -3.00. The van der Waals surface area contributed by atoms with Gasteiger partial charge in [0.15, 0.2) is 5.76 Å². The average molecular weight is 387 g/mol. The van der Waals surface area contributed by atoms with Crippen LogP contribution in [0.2, 0.25) is 0 Å². The Morgan fingerprint density at radius 2 is 2.07 bits per heavy atom. The molecule has 1 saturated heterocycles. The van der Waals surface area contributed by atoms with Gasteiger partial charge in [-0.3, -0.25) is 14.5 Å². The van der Waals surface area contributed by atoms with Gasteiger partial charge >= 0.3 is 0 Å². The molecule has 28 heavy (non-hydrogen) atoms. The molecule has 1 aromatic carbocycles. The van der Waals surface area contributed by atoms with Crippen LogP contribution in [-0.4, -0.2) is 56.6 Å². The number of nitrogens with zero attached hydrogens (tertiary/aromatic N) is 1. The molecule has 2 heterocycles. The number of furan rings is 1. The maximum atomic E-state index is 12.7. The smallest absolute Gasteiger partial charge is 0.287 e. The van der Waals surface area contributed by atoms with Crippen molar-refractivity contribution in [3.05, 3.63) is 47.9 Å². The number of methoxy groups -OCH3 is 2. The van der Waals surface area contributed by atoms with Gasteiger partial charge in [-0.25, -0.2) is 0 Å². The lowest BCUT2D eigenvalue weighted by Crippen LogP contribution is -2.41. The highest BCUT2D eigenvalue weighted by molar-refractivity contribution is 5.91. The number of hydrogen-bond acceptors (Lipinski definition) is 6. The van der Waals surface area contributed by atoms with Crippen LogP contribution in [0, 0.1) is 0 Å². The van der Waals surface area contributed by atoms with Crippen LogP contribution in [-0.2, 0) is 11.3 Å². The van der Waals surface area contributed by atoms with E-state index in [2.05, 4.69) is 10.6 Å². The molecule has 150 valence electrons. The molecule has 8 heteroatoms. The Morgan fingerprint density at radius 1 is 1.25 bits per heavy atom. The van der Waals surface area contributed by atoms with Crippen molar-refractivity contribution in [3.63, 3.8) is 0 Å². The lowest BCUT2D eigenvalue weighted by atomic mass is 10.1. The number of rotatable bonds is 7. The summed E-state index contributed by atoms with van der Waals surface area (Å²) < 4.78 is 15.7. The first-order valence-corrected chi connectivity index (χ1v) is 9.05. The highest BCUT2D eigenvalue weighted by Gasteiger charge is 2.35. The number of amides is 2. The average Bonchev–Trinajstić information content (AvgIpc) is 3.35. The Labute approximate surface area is 163 Å². The number of likely N-dealkylation sites (tertiary alicyclic amines) is 1. The lowest BCUT2D eigenvalue weighted by molar-refractivity contribution is -0.125. The topological polar surface area (TPSA) is 93.0 Å². The van der Waals surface area contributed by atoms with Crippen LogP contribution in [0.4, 0.5) is 0 Å². The molecular weight excluding hydrogens is 362 g/mol. The van der Waals surface area contributed by atoms with E-state index in [-0.39, 0.29) is 29.7 Å². The fourth-order valence-corrected chi connectivity index (χ4v) is 3.40. The van der Waals surface area contributed by atoms with Gasteiger partial charge in [0.25, 0.3) is 5.91 Å². The lowest BCUT2D eigenvalue weighted by Gasteiger charge is -2.19. The summed E-state index contributed by atoms with van der Waals surface area (Å²) in [6, 6.07) is 8.29. The molecule has 0 aliphatic carbocycles. The van der Waals surface area contributed by atoms with E-state index in [0.29, 0.717) is 31.0 Å². The van der Waals surface area contributed by atoms with Crippen LogP contribution < -0.4 is 20.1 Å². The number of carbonyl (C=O) groups excluding carboxylic acids is 2. The van der Waals surface area contributed by atoms with Gasteiger partial charge in [-0.2, -0.15) is 0 Å². The number of nitrogens with one attached hydrogen (secondary N) is 2. The summed E-state index contributed by atoms with van der Waals surface area (Å²) in [7, 11) is 5.05. The summed E-state index contributed by atoms with van der Waals surface area (Å²) in [5, 5.41) is 5.86. The van der Waals surface area contributed by atoms with Crippen LogP contribution in [0.5, 0.6) is 11.5 Å². The van der Waals surface area contributed by atoms with Crippen molar-refractivity contribution in [1.29, 1.82) is 0 Å². The third-order valence-electron chi connectivity index (χ3n) is 4.87. The van der Waals surface area contributed by atoms with Gasteiger partial charge in [0, 0.05) is 24.7 Å². The Morgan fingerprint density at radius 3 is 2.75 bits per heavy atom. The normalized spacial score (nSPS) is 19.2. The maximum absolute atomic E-state index is 12.7. The van der Waals surface area contributed by atoms with Gasteiger partial charge in [-0.1, -0.05) is 0 Å². The molecule has 8 nitrogen and oxygen atoms in total. The molecular formula is C20H25N3O5. The van der Waals surface area contributed by atoms with Crippen molar-refractivity contribution < 1.29 is 23.5 Å². The van der Waals surface area contributed by atoms with E-state index >= 15 is 0 Å². The minimum absolute atomic E-state index is 0.0953. The zero-order valence-corrected chi connectivity index (χ0v) is 16.2. The van der Waals surface area contributed by atoms with Crippen molar-refractivity contribution in [3.8, 4) is 11.5 Å². The number of likely N-dealkylation sites (N-methyl/N-ethyl adjacent to an activating group) is 1. The van der Waals surface area contributed by atoms with Crippen LogP contribution in [0.25, 0.3) is 0 Å². The van der Waals surface area contributed by atoms with Crippen LogP contribution >= 0.6 is 0 Å². The van der Waals surface area contributed by atoms with E-state index in [4.69, 9.17) is 13.9 Å². The molecule has 2 atom stereocenters. The molecule has 2 amide bonds. The van der Waals surface area contributed by atoms with Crippen LogP contribution in [0.1, 0.15) is 22.5 Å². The zero-order valence-electron chi connectivity index (χ0n) is 16.2. The second-order valence-electron chi connectivity index (χ2n) is 6.73. The third-order valence-corrected chi connectivity index (χ3v) is 4.87. The molecule has 0 spiro atoms. The summed E-state index contributed by atoms with van der Waals surface area (Å²) in [5.74, 6) is 1.28. The molecule has 0 unspecified atom stereocenters. The van der Waals surface area contributed by atoms with Gasteiger partial charge in [0.05, 0.1) is 26.5 Å². The summed E-state index contributed by atoms with van der Waals surface area (Å²) in [6.07, 6.45) is 1.99. The molecule has 0 radical (unpaired) electrons. The van der Waals surface area contributed by atoms with Crippen molar-refractivity contribution in [2.75, 3.05) is 27.8 Å². The Kier molecular flexibility index (Phi) is 6.20. The molecule has 1 fully saturated rings. The number of carbonyl (C=O) groups is 2. The quantitative estimate of drug-likeness (QED) is 0.746. The van der Waals surface area contributed by atoms with Gasteiger partial charge in [-0.05, 0) is 43.8 Å². The van der Waals surface area contributed by atoms with E-state index in [1.807, 2.05) is 24.1 Å². The summed E-state index contributed by atoms with van der Waals surface area (Å²) in [4.78, 5) is 26.8. The van der Waals surface area contributed by atoms with Gasteiger partial charge < -0.3 is 24.5 Å². The third kappa shape index (κ3) is 4.45. The van der Waals surface area contributed by atoms with Crippen molar-refractivity contribution in [2.45, 2.75) is 25.0 Å². The molecule has 2 aromatic rings.